The fourth-order valence-corrected chi connectivity index (χ4v) is 2.12. The molecular formula is C11H9FN4O4S. The van der Waals surface area contributed by atoms with Gasteiger partial charge in [0.25, 0.3) is 11.6 Å². The molecule has 0 unspecified atom stereocenters. The highest BCUT2D eigenvalue weighted by Gasteiger charge is 2.13. The van der Waals surface area contributed by atoms with E-state index in [2.05, 4.69) is 4.98 Å². The average molecular weight is 312 g/mol. The highest BCUT2D eigenvalue weighted by atomic mass is 32.1. The smallest absolute Gasteiger partial charge is 0.294 e. The van der Waals surface area contributed by atoms with Gasteiger partial charge in [-0.2, -0.15) is 0 Å². The zero-order valence-electron chi connectivity index (χ0n) is 10.4. The van der Waals surface area contributed by atoms with Crippen molar-refractivity contribution in [3.63, 3.8) is 0 Å². The van der Waals surface area contributed by atoms with E-state index in [0.29, 0.717) is 5.69 Å². The van der Waals surface area contributed by atoms with E-state index in [0.717, 1.165) is 29.5 Å². The molecule has 0 saturated heterocycles. The molecule has 8 nitrogen and oxygen atoms in total. The summed E-state index contributed by atoms with van der Waals surface area (Å²) < 4.78 is 18.7. The molecule has 0 aliphatic carbocycles. The van der Waals surface area contributed by atoms with Gasteiger partial charge >= 0.3 is 0 Å². The lowest BCUT2D eigenvalue weighted by atomic mass is 10.3. The van der Waals surface area contributed by atoms with Crippen molar-refractivity contribution in [1.82, 2.24) is 10.4 Å². The van der Waals surface area contributed by atoms with E-state index in [1.54, 1.807) is 5.38 Å². The highest BCUT2D eigenvalue weighted by Crippen LogP contribution is 2.23. The number of non-ortho nitro benzene ring substituents is 1. The Balaban J connectivity index is 2.04. The van der Waals surface area contributed by atoms with Gasteiger partial charge in [-0.25, -0.2) is 15.2 Å². The standard InChI is InChI=1S/C11H9FN4O4S/c12-8-3-7(16(18)19)1-2-9(8)20-4-6-5-21-11(14-6)10(17)15-13/h1-3,5H,4,13H2,(H,15,17). The van der Waals surface area contributed by atoms with Crippen molar-refractivity contribution >= 4 is 22.9 Å². The number of aromatic nitrogens is 1. The van der Waals surface area contributed by atoms with Crippen LogP contribution in [-0.2, 0) is 6.61 Å². The Morgan fingerprint density at radius 3 is 2.95 bits per heavy atom. The molecule has 1 heterocycles. The fraction of sp³-hybridized carbons (Fsp3) is 0.0909. The van der Waals surface area contributed by atoms with Crippen molar-refractivity contribution in [3.05, 3.63) is 50.2 Å². The summed E-state index contributed by atoms with van der Waals surface area (Å²) in [5.41, 5.74) is 1.99. The average Bonchev–Trinajstić information content (AvgIpc) is 2.93. The van der Waals surface area contributed by atoms with E-state index in [4.69, 9.17) is 10.6 Å². The summed E-state index contributed by atoms with van der Waals surface area (Å²) in [7, 11) is 0. The summed E-state index contributed by atoms with van der Waals surface area (Å²) in [5, 5.41) is 12.2. The number of rotatable bonds is 5. The van der Waals surface area contributed by atoms with Gasteiger partial charge in [0, 0.05) is 11.4 Å². The summed E-state index contributed by atoms with van der Waals surface area (Å²) in [6.07, 6.45) is 0. The van der Waals surface area contributed by atoms with Gasteiger partial charge < -0.3 is 4.74 Å². The van der Waals surface area contributed by atoms with Gasteiger partial charge in [0.15, 0.2) is 16.6 Å². The molecule has 1 aromatic heterocycles. The first-order chi connectivity index (χ1) is 10.0. The Hall–Kier alpha value is -2.59. The molecule has 21 heavy (non-hydrogen) atoms. The quantitative estimate of drug-likeness (QED) is 0.372. The lowest BCUT2D eigenvalue weighted by Crippen LogP contribution is -2.29. The first kappa shape index (κ1) is 14.8. The van der Waals surface area contributed by atoms with Crippen LogP contribution in [-0.4, -0.2) is 15.8 Å². The number of hydrogen-bond acceptors (Lipinski definition) is 7. The van der Waals surface area contributed by atoms with Crippen LogP contribution in [0.4, 0.5) is 10.1 Å². The molecule has 1 amide bonds. The number of nitrogens with one attached hydrogen (secondary N) is 1. The largest absolute Gasteiger partial charge is 0.484 e. The zero-order chi connectivity index (χ0) is 15.4. The second kappa shape index (κ2) is 6.24. The van der Waals surface area contributed by atoms with Gasteiger partial charge in [-0.15, -0.1) is 11.3 Å². The number of amides is 1. The molecule has 0 spiro atoms. The van der Waals surface area contributed by atoms with Gasteiger partial charge in [0.1, 0.15) is 6.61 Å². The number of nitro benzene ring substituents is 1. The van der Waals surface area contributed by atoms with Crippen LogP contribution in [0.2, 0.25) is 0 Å². The Labute approximate surface area is 121 Å². The topological polar surface area (TPSA) is 120 Å². The van der Waals surface area contributed by atoms with Crippen LogP contribution in [0.3, 0.4) is 0 Å². The summed E-state index contributed by atoms with van der Waals surface area (Å²) in [6, 6.07) is 3.06. The third-order valence-corrected chi connectivity index (χ3v) is 3.27. The second-order valence-corrected chi connectivity index (χ2v) is 4.64. The van der Waals surface area contributed by atoms with Gasteiger partial charge in [-0.3, -0.25) is 20.3 Å². The summed E-state index contributed by atoms with van der Waals surface area (Å²) in [6.45, 7) is -0.0803. The van der Waals surface area contributed by atoms with Gasteiger partial charge in [-0.05, 0) is 6.07 Å². The molecule has 0 radical (unpaired) electrons. The van der Waals surface area contributed by atoms with Crippen molar-refractivity contribution < 1.29 is 18.8 Å². The van der Waals surface area contributed by atoms with E-state index in [1.165, 1.54) is 0 Å². The normalized spacial score (nSPS) is 10.2. The molecule has 110 valence electrons. The van der Waals surface area contributed by atoms with Gasteiger partial charge in [0.05, 0.1) is 16.7 Å². The van der Waals surface area contributed by atoms with Crippen molar-refractivity contribution in [2.75, 3.05) is 0 Å². The molecular weight excluding hydrogens is 303 g/mol. The minimum Gasteiger partial charge on any atom is -0.484 e. The summed E-state index contributed by atoms with van der Waals surface area (Å²) in [4.78, 5) is 24.9. The molecule has 2 aromatic rings. The third-order valence-electron chi connectivity index (χ3n) is 2.38. The predicted octanol–water partition coefficient (Wildman–Crippen LogP) is 1.37. The van der Waals surface area contributed by atoms with Gasteiger partial charge in [-0.1, -0.05) is 0 Å². The van der Waals surface area contributed by atoms with Crippen LogP contribution in [0.25, 0.3) is 0 Å². The Bertz CT molecular complexity index is 691. The zero-order valence-corrected chi connectivity index (χ0v) is 11.2. The van der Waals surface area contributed by atoms with Crippen molar-refractivity contribution in [2.45, 2.75) is 6.61 Å². The Morgan fingerprint density at radius 2 is 2.33 bits per heavy atom. The van der Waals surface area contributed by atoms with Gasteiger partial charge in [0.2, 0.25) is 0 Å². The van der Waals surface area contributed by atoms with E-state index >= 15 is 0 Å². The second-order valence-electron chi connectivity index (χ2n) is 3.78. The number of halogens is 1. The van der Waals surface area contributed by atoms with Crippen LogP contribution in [0, 0.1) is 15.9 Å². The maximum Gasteiger partial charge on any atom is 0.294 e. The number of carbonyl (C=O) groups is 1. The number of thiazole rings is 1. The minimum absolute atomic E-state index is 0.0803. The minimum atomic E-state index is -0.848. The predicted molar refractivity (Wildman–Crippen MR) is 71.2 cm³/mol. The third kappa shape index (κ3) is 3.49. The maximum absolute atomic E-state index is 13.6. The van der Waals surface area contributed by atoms with E-state index in [-0.39, 0.29) is 23.1 Å². The van der Waals surface area contributed by atoms with Crippen LogP contribution >= 0.6 is 11.3 Å². The first-order valence-electron chi connectivity index (χ1n) is 5.53. The number of nitro groups is 1. The summed E-state index contributed by atoms with van der Waals surface area (Å²) >= 11 is 1.06. The SMILES string of the molecule is NNC(=O)c1nc(COc2ccc([N+](=O)[O-])cc2F)cs1. The first-order valence-corrected chi connectivity index (χ1v) is 6.41. The molecule has 0 saturated carbocycles. The van der Waals surface area contributed by atoms with Crippen molar-refractivity contribution in [3.8, 4) is 5.75 Å². The number of nitrogens with zero attached hydrogens (tertiary/aromatic N) is 2. The number of hydrogen-bond donors (Lipinski definition) is 2. The van der Waals surface area contributed by atoms with Crippen molar-refractivity contribution in [1.29, 1.82) is 0 Å². The molecule has 10 heteroatoms. The number of nitrogen functional groups attached to an aromatic ring is 1. The number of benzene rings is 1. The fourth-order valence-electron chi connectivity index (χ4n) is 1.41. The summed E-state index contributed by atoms with van der Waals surface area (Å²) in [5.74, 6) is 3.45. The Kier molecular flexibility index (Phi) is 4.40. The lowest BCUT2D eigenvalue weighted by Gasteiger charge is -2.05. The monoisotopic (exact) mass is 312 g/mol. The molecule has 1 aromatic carbocycles. The van der Waals surface area contributed by atoms with Crippen LogP contribution in [0.1, 0.15) is 15.5 Å². The van der Waals surface area contributed by atoms with Crippen molar-refractivity contribution in [2.24, 2.45) is 5.84 Å². The van der Waals surface area contributed by atoms with Crippen LogP contribution < -0.4 is 16.0 Å². The molecule has 3 N–H and O–H groups in total. The molecule has 0 aliphatic heterocycles. The maximum atomic E-state index is 13.6. The highest BCUT2D eigenvalue weighted by molar-refractivity contribution is 7.11. The van der Waals surface area contributed by atoms with Crippen LogP contribution in [0.15, 0.2) is 23.6 Å². The number of carbonyl (C=O) groups excluding carboxylic acids is 1. The number of hydrazine groups is 1. The number of nitrogens with two attached hydrogens (primary N) is 1. The van der Waals surface area contributed by atoms with E-state index < -0.39 is 16.6 Å². The molecule has 0 atom stereocenters. The number of ether oxygens (including phenoxy) is 1. The van der Waals surface area contributed by atoms with E-state index in [1.807, 2.05) is 5.43 Å². The van der Waals surface area contributed by atoms with E-state index in [9.17, 15) is 19.3 Å². The molecule has 0 fully saturated rings. The molecule has 0 aliphatic rings. The Morgan fingerprint density at radius 1 is 1.57 bits per heavy atom. The van der Waals surface area contributed by atoms with Crippen LogP contribution in [0.5, 0.6) is 5.75 Å². The lowest BCUT2D eigenvalue weighted by molar-refractivity contribution is -0.385. The molecule has 2 rings (SSSR count). The molecule has 0 bridgehead atoms.